The molecule has 14 nitrogen and oxygen atoms in total. The first-order valence-corrected chi connectivity index (χ1v) is 11.9. The van der Waals surface area contributed by atoms with Crippen molar-refractivity contribution in [2.45, 2.75) is 44.4 Å². The molecule has 0 radical (unpaired) electrons. The summed E-state index contributed by atoms with van der Waals surface area (Å²) in [5.74, 6) is -1.05. The Morgan fingerprint density at radius 2 is 1.94 bits per heavy atom. The third-order valence-corrected chi connectivity index (χ3v) is 6.03. The highest BCUT2D eigenvalue weighted by atomic mass is 32.2. The van der Waals surface area contributed by atoms with Crippen LogP contribution in [-0.2, 0) is 19.2 Å². The molecule has 35 heavy (non-hydrogen) atoms. The summed E-state index contributed by atoms with van der Waals surface area (Å²) >= 11 is 0. The van der Waals surface area contributed by atoms with Crippen LogP contribution in [0.4, 0.5) is 5.82 Å². The highest BCUT2D eigenvalue weighted by Gasteiger charge is 2.45. The molecule has 3 heterocycles. The number of phenols is 1. The number of hydrogen-bond donors (Lipinski definition) is 5. The highest BCUT2D eigenvalue weighted by molar-refractivity contribution is 7.85. The number of anilines is 1. The minimum atomic E-state index is -4.63. The average Bonchev–Trinajstić information content (AvgIpc) is 3.34. The van der Waals surface area contributed by atoms with Gasteiger partial charge in [0, 0.05) is 6.04 Å². The number of aromatic hydroxyl groups is 1. The van der Waals surface area contributed by atoms with Crippen molar-refractivity contribution in [3.8, 4) is 5.75 Å². The number of nitrogens with zero attached hydrogens (tertiary/aromatic N) is 4. The Balaban J connectivity index is 1.45. The van der Waals surface area contributed by atoms with Crippen LogP contribution in [0, 0.1) is 0 Å². The van der Waals surface area contributed by atoms with E-state index in [1.807, 2.05) is 13.8 Å². The minimum Gasteiger partial charge on any atom is -0.507 e. The third kappa shape index (κ3) is 5.18. The average molecular weight is 509 g/mol. The van der Waals surface area contributed by atoms with E-state index in [-0.39, 0.29) is 11.6 Å². The van der Waals surface area contributed by atoms with Crippen molar-refractivity contribution in [3.05, 3.63) is 42.5 Å². The molecule has 0 unspecified atom stereocenters. The number of aromatic nitrogens is 4. The molecule has 15 heteroatoms. The summed E-state index contributed by atoms with van der Waals surface area (Å²) in [6.45, 7) is 3.14. The van der Waals surface area contributed by atoms with Gasteiger partial charge in [-0.15, -0.1) is 0 Å². The van der Waals surface area contributed by atoms with E-state index >= 15 is 0 Å². The van der Waals surface area contributed by atoms with Gasteiger partial charge in [0.15, 0.2) is 23.2 Å². The molecule has 0 bridgehead atoms. The van der Waals surface area contributed by atoms with Crippen LogP contribution in [0.1, 0.15) is 30.4 Å². The Kier molecular flexibility index (Phi) is 6.86. The number of carbonyl (C=O) groups is 1. The molecule has 1 aliphatic heterocycles. The molecule has 4 rings (SSSR count). The van der Waals surface area contributed by atoms with Crippen molar-refractivity contribution < 1.29 is 37.5 Å². The van der Waals surface area contributed by atoms with Crippen LogP contribution in [0.2, 0.25) is 0 Å². The Hall–Kier alpha value is -3.37. The highest BCUT2D eigenvalue weighted by Crippen LogP contribution is 2.32. The standard InChI is InChI=1S/C20H24N6O8S/c1-10(2)24-17-14-18(22-8-21-17)26(9-23-14)20-16(29)15(28)13(34-20)7-33-35(31,32)25-19(30)11-5-3-4-6-12(11)27/h3-6,8-10,13,15-16,20,27-29H,7H2,1-2H3,(H,25,30)(H,21,22,24)/t13-,15-,16-,20-/m1/s1. The fraction of sp³-hybridized carbons (Fsp3) is 0.400. The summed E-state index contributed by atoms with van der Waals surface area (Å²) in [4.78, 5) is 24.7. The van der Waals surface area contributed by atoms with Gasteiger partial charge >= 0.3 is 10.3 Å². The summed E-state index contributed by atoms with van der Waals surface area (Å²) in [7, 11) is -4.63. The third-order valence-electron chi connectivity index (χ3n) is 5.15. The molecule has 0 aliphatic carbocycles. The second-order valence-corrected chi connectivity index (χ2v) is 9.43. The SMILES string of the molecule is CC(C)Nc1ncnc2c1ncn2[C@@H]1O[C@H](COS(=O)(=O)NC(=O)c2ccccc2O)[C@@H](O)[C@H]1O. The maximum absolute atomic E-state index is 12.2. The van der Waals surface area contributed by atoms with Crippen LogP contribution in [0.3, 0.4) is 0 Å². The zero-order valence-corrected chi connectivity index (χ0v) is 19.5. The van der Waals surface area contributed by atoms with Gasteiger partial charge in [0.1, 0.15) is 30.4 Å². The number of benzene rings is 1. The molecular weight excluding hydrogens is 484 g/mol. The van der Waals surface area contributed by atoms with Gasteiger partial charge in [-0.3, -0.25) is 13.5 Å². The Labute approximate surface area is 199 Å². The van der Waals surface area contributed by atoms with Gasteiger partial charge in [-0.1, -0.05) is 12.1 Å². The van der Waals surface area contributed by atoms with Gasteiger partial charge in [-0.2, -0.15) is 8.42 Å². The molecule has 1 aliphatic rings. The van der Waals surface area contributed by atoms with Crippen molar-refractivity contribution in [1.82, 2.24) is 24.2 Å². The molecule has 1 amide bonds. The normalized spacial score (nSPS) is 22.5. The Bertz CT molecular complexity index is 1330. The van der Waals surface area contributed by atoms with Crippen LogP contribution in [-0.4, -0.2) is 80.1 Å². The van der Waals surface area contributed by atoms with Crippen LogP contribution >= 0.6 is 0 Å². The monoisotopic (exact) mass is 508 g/mol. The molecule has 0 spiro atoms. The number of carbonyl (C=O) groups excluding carboxylic acids is 1. The lowest BCUT2D eigenvalue weighted by molar-refractivity contribution is -0.0468. The van der Waals surface area contributed by atoms with Gasteiger partial charge in [-0.05, 0) is 26.0 Å². The first kappa shape index (κ1) is 24.7. The molecule has 3 aromatic rings. The number of aliphatic hydroxyl groups excluding tert-OH is 2. The van der Waals surface area contributed by atoms with E-state index in [1.54, 1.807) is 4.72 Å². The summed E-state index contributed by atoms with van der Waals surface area (Å²) in [5.41, 5.74) is 0.469. The number of ether oxygens (including phenoxy) is 1. The smallest absolute Gasteiger partial charge is 0.362 e. The fourth-order valence-electron chi connectivity index (χ4n) is 3.53. The summed E-state index contributed by atoms with van der Waals surface area (Å²) in [5, 5.41) is 33.8. The Morgan fingerprint density at radius 3 is 2.66 bits per heavy atom. The van der Waals surface area contributed by atoms with Crippen LogP contribution in [0.25, 0.3) is 11.2 Å². The van der Waals surface area contributed by atoms with E-state index in [9.17, 15) is 28.5 Å². The zero-order chi connectivity index (χ0) is 25.3. The Morgan fingerprint density at radius 1 is 1.20 bits per heavy atom. The van der Waals surface area contributed by atoms with Crippen molar-refractivity contribution in [2.24, 2.45) is 0 Å². The minimum absolute atomic E-state index is 0.0724. The number of fused-ring (bicyclic) bond motifs is 1. The van der Waals surface area contributed by atoms with E-state index in [0.717, 1.165) is 0 Å². The van der Waals surface area contributed by atoms with Gasteiger partial charge in [0.2, 0.25) is 0 Å². The van der Waals surface area contributed by atoms with E-state index in [0.29, 0.717) is 17.0 Å². The van der Waals surface area contributed by atoms with Crippen LogP contribution in [0.15, 0.2) is 36.9 Å². The largest absolute Gasteiger partial charge is 0.507 e. The fourth-order valence-corrected chi connectivity index (χ4v) is 4.24. The molecule has 188 valence electrons. The summed E-state index contributed by atoms with van der Waals surface area (Å²) < 4.78 is 37.9. The number of amides is 1. The zero-order valence-electron chi connectivity index (χ0n) is 18.6. The van der Waals surface area contributed by atoms with Crippen molar-refractivity contribution in [2.75, 3.05) is 11.9 Å². The van der Waals surface area contributed by atoms with Crippen molar-refractivity contribution in [3.63, 3.8) is 0 Å². The maximum atomic E-state index is 12.2. The number of imidazole rings is 1. The molecule has 1 saturated heterocycles. The molecular formula is C20H24N6O8S. The molecule has 0 saturated carbocycles. The van der Waals surface area contributed by atoms with Gasteiger partial charge < -0.3 is 25.4 Å². The number of nitrogens with one attached hydrogen (secondary N) is 2. The van der Waals surface area contributed by atoms with Crippen molar-refractivity contribution >= 4 is 33.2 Å². The van der Waals surface area contributed by atoms with E-state index in [4.69, 9.17) is 8.92 Å². The molecule has 1 aromatic carbocycles. The summed E-state index contributed by atoms with van der Waals surface area (Å²) in [6.07, 6.45) is -2.72. The second-order valence-electron chi connectivity index (χ2n) is 8.08. The maximum Gasteiger partial charge on any atom is 0.362 e. The van der Waals surface area contributed by atoms with Crippen LogP contribution in [0.5, 0.6) is 5.75 Å². The molecule has 4 atom stereocenters. The molecule has 5 N–H and O–H groups in total. The van der Waals surface area contributed by atoms with Gasteiger partial charge in [0.05, 0.1) is 18.5 Å². The summed E-state index contributed by atoms with van der Waals surface area (Å²) in [6, 6.07) is 5.43. The van der Waals surface area contributed by atoms with E-state index < -0.39 is 53.1 Å². The lowest BCUT2D eigenvalue weighted by Gasteiger charge is -2.17. The second kappa shape index (κ2) is 9.71. The number of hydrogen-bond acceptors (Lipinski definition) is 12. The van der Waals surface area contributed by atoms with Crippen molar-refractivity contribution in [1.29, 1.82) is 0 Å². The van der Waals surface area contributed by atoms with Crippen LogP contribution < -0.4 is 10.0 Å². The molecule has 2 aromatic heterocycles. The van der Waals surface area contributed by atoms with Gasteiger partial charge in [0.25, 0.3) is 5.91 Å². The van der Waals surface area contributed by atoms with E-state index in [2.05, 4.69) is 20.3 Å². The quantitative estimate of drug-likeness (QED) is 0.266. The lowest BCUT2D eigenvalue weighted by atomic mass is 10.1. The first-order chi connectivity index (χ1) is 16.6. The molecule has 1 fully saturated rings. The van der Waals surface area contributed by atoms with E-state index in [1.165, 1.54) is 41.5 Å². The first-order valence-electron chi connectivity index (χ1n) is 10.5. The number of para-hydroxylation sites is 1. The lowest BCUT2D eigenvalue weighted by Crippen LogP contribution is -2.37. The number of aliphatic hydroxyl groups is 2. The van der Waals surface area contributed by atoms with Gasteiger partial charge in [-0.25, -0.2) is 19.7 Å². The number of phenolic OH excluding ortho intramolecular Hbond substituents is 1. The topological polar surface area (TPSA) is 198 Å². The number of rotatable bonds is 8. The predicted octanol–water partition coefficient (Wildman–Crippen LogP) is -0.337. The predicted molar refractivity (Wildman–Crippen MR) is 120 cm³/mol.